The van der Waals surface area contributed by atoms with E-state index in [4.69, 9.17) is 0 Å². The molecule has 8 heteroatoms. The van der Waals surface area contributed by atoms with Crippen molar-refractivity contribution in [2.75, 3.05) is 18.9 Å². The summed E-state index contributed by atoms with van der Waals surface area (Å²) < 4.78 is 0. The van der Waals surface area contributed by atoms with Gasteiger partial charge in [0.05, 0.1) is 16.0 Å². The Morgan fingerprint density at radius 2 is 2.12 bits per heavy atom. The topological polar surface area (TPSA) is 121 Å². The van der Waals surface area contributed by atoms with Crippen molar-refractivity contribution < 1.29 is 10.7 Å². The van der Waals surface area contributed by atoms with E-state index in [0.29, 0.717) is 18.1 Å². The minimum absolute atomic E-state index is 0.0250. The summed E-state index contributed by atoms with van der Waals surface area (Å²) in [6, 6.07) is 11.9. The third kappa shape index (κ3) is 3.76. The van der Waals surface area contributed by atoms with Crippen LogP contribution in [0.1, 0.15) is 5.56 Å². The molecule has 0 aliphatic heterocycles. The quantitative estimate of drug-likeness (QED) is 0.462. The number of rotatable bonds is 6. The SMILES string of the molecule is CN/C=C(\C[NH3+])c1cnc2ccc(Nc3cccc([N+](=O)[O-])c3)nc2c1. The summed E-state index contributed by atoms with van der Waals surface area (Å²) >= 11 is 0. The predicted molar refractivity (Wildman–Crippen MR) is 101 cm³/mol. The number of hydrogen-bond acceptors (Lipinski definition) is 6. The Kier molecular flexibility index (Phi) is 5.04. The van der Waals surface area contributed by atoms with Gasteiger partial charge in [0.25, 0.3) is 5.69 Å². The van der Waals surface area contributed by atoms with Crippen LogP contribution in [0.25, 0.3) is 16.6 Å². The molecule has 0 spiro atoms. The van der Waals surface area contributed by atoms with Crippen LogP contribution in [0.4, 0.5) is 17.2 Å². The van der Waals surface area contributed by atoms with Gasteiger partial charge in [-0.2, -0.15) is 0 Å². The number of anilines is 2. The highest BCUT2D eigenvalue weighted by Gasteiger charge is 2.08. The molecule has 0 bridgehead atoms. The van der Waals surface area contributed by atoms with E-state index < -0.39 is 4.92 Å². The maximum Gasteiger partial charge on any atom is 0.271 e. The molecule has 0 amide bonds. The van der Waals surface area contributed by atoms with Gasteiger partial charge in [0.15, 0.2) is 0 Å². The molecule has 0 atom stereocenters. The van der Waals surface area contributed by atoms with Crippen molar-refractivity contribution in [1.82, 2.24) is 15.3 Å². The van der Waals surface area contributed by atoms with Gasteiger partial charge < -0.3 is 16.4 Å². The number of hydrogen-bond donors (Lipinski definition) is 3. The molecule has 8 nitrogen and oxygen atoms in total. The first-order valence-electron chi connectivity index (χ1n) is 8.05. The molecule has 132 valence electrons. The first-order chi connectivity index (χ1) is 12.6. The molecule has 0 fully saturated rings. The molecular formula is C18H19N6O2+. The molecule has 5 N–H and O–H groups in total. The Hall–Kier alpha value is -3.52. The van der Waals surface area contributed by atoms with E-state index >= 15 is 0 Å². The fraction of sp³-hybridized carbons (Fsp3) is 0.111. The Balaban J connectivity index is 1.94. The number of quaternary nitrogens is 1. The van der Waals surface area contributed by atoms with E-state index in [2.05, 4.69) is 26.3 Å². The highest BCUT2D eigenvalue weighted by molar-refractivity contribution is 5.81. The Bertz CT molecular complexity index is 986. The second-order valence-electron chi connectivity index (χ2n) is 5.60. The van der Waals surface area contributed by atoms with Gasteiger partial charge in [-0.3, -0.25) is 15.1 Å². The van der Waals surface area contributed by atoms with Crippen LogP contribution in [0.2, 0.25) is 0 Å². The lowest BCUT2D eigenvalue weighted by Gasteiger charge is -2.08. The van der Waals surface area contributed by atoms with Gasteiger partial charge in [0.1, 0.15) is 12.4 Å². The van der Waals surface area contributed by atoms with Crippen LogP contribution in [0.15, 0.2) is 54.9 Å². The van der Waals surface area contributed by atoms with Crippen molar-refractivity contribution >= 4 is 33.8 Å². The number of nitrogens with zero attached hydrogens (tertiary/aromatic N) is 3. The van der Waals surface area contributed by atoms with Crippen LogP contribution < -0.4 is 16.4 Å². The molecule has 1 aromatic carbocycles. The van der Waals surface area contributed by atoms with E-state index in [1.54, 1.807) is 24.4 Å². The molecule has 0 unspecified atom stereocenters. The Morgan fingerprint density at radius 3 is 2.85 bits per heavy atom. The van der Waals surface area contributed by atoms with Crippen molar-refractivity contribution in [1.29, 1.82) is 0 Å². The molecule has 3 rings (SSSR count). The number of nitro groups is 1. The molecular weight excluding hydrogens is 332 g/mol. The average Bonchev–Trinajstić information content (AvgIpc) is 2.65. The predicted octanol–water partition coefficient (Wildman–Crippen LogP) is 2.08. The maximum atomic E-state index is 10.9. The third-order valence-corrected chi connectivity index (χ3v) is 3.83. The fourth-order valence-corrected chi connectivity index (χ4v) is 2.57. The van der Waals surface area contributed by atoms with Gasteiger partial charge in [-0.05, 0) is 24.3 Å². The van der Waals surface area contributed by atoms with Crippen LogP contribution in [0.3, 0.4) is 0 Å². The number of benzene rings is 1. The highest BCUT2D eigenvalue weighted by atomic mass is 16.6. The van der Waals surface area contributed by atoms with Crippen LogP contribution >= 0.6 is 0 Å². The lowest BCUT2D eigenvalue weighted by atomic mass is 10.1. The van der Waals surface area contributed by atoms with Crippen LogP contribution in [-0.4, -0.2) is 28.5 Å². The van der Waals surface area contributed by atoms with Crippen molar-refractivity contribution in [2.45, 2.75) is 0 Å². The summed E-state index contributed by atoms with van der Waals surface area (Å²) in [4.78, 5) is 19.5. The molecule has 26 heavy (non-hydrogen) atoms. The molecule has 0 aliphatic carbocycles. The summed E-state index contributed by atoms with van der Waals surface area (Å²) in [5.41, 5.74) is 8.03. The number of pyridine rings is 2. The summed E-state index contributed by atoms with van der Waals surface area (Å²) in [5, 5.41) is 17.0. The van der Waals surface area contributed by atoms with E-state index in [-0.39, 0.29) is 5.69 Å². The van der Waals surface area contributed by atoms with E-state index in [1.165, 1.54) is 12.1 Å². The second kappa shape index (κ2) is 7.58. The maximum absolute atomic E-state index is 10.9. The second-order valence-corrected chi connectivity index (χ2v) is 5.60. The standard InChI is InChI=1S/C18H18N6O2/c1-20-10-13(9-19)12-7-17-16(21-11-12)5-6-18(23-17)22-14-3-2-4-15(8-14)24(25)26/h2-8,10-11,20H,9,19H2,1H3,(H,22,23)/p+1/b13-10+. The van der Waals surface area contributed by atoms with Gasteiger partial charge in [0.2, 0.25) is 0 Å². The smallest absolute Gasteiger partial charge is 0.271 e. The minimum atomic E-state index is -0.427. The first kappa shape index (κ1) is 17.3. The average molecular weight is 351 g/mol. The zero-order valence-electron chi connectivity index (χ0n) is 14.3. The summed E-state index contributed by atoms with van der Waals surface area (Å²) in [6.45, 7) is 0.625. The van der Waals surface area contributed by atoms with E-state index in [9.17, 15) is 10.1 Å². The highest BCUT2D eigenvalue weighted by Crippen LogP contribution is 2.23. The summed E-state index contributed by atoms with van der Waals surface area (Å²) in [5.74, 6) is 0.589. The number of non-ortho nitro benzene ring substituents is 1. The number of fused-ring (bicyclic) bond motifs is 1. The molecule has 0 aliphatic rings. The zero-order valence-corrected chi connectivity index (χ0v) is 14.3. The van der Waals surface area contributed by atoms with Crippen LogP contribution in [0, 0.1) is 10.1 Å². The first-order valence-corrected chi connectivity index (χ1v) is 8.05. The van der Waals surface area contributed by atoms with Gasteiger partial charge >= 0.3 is 0 Å². The van der Waals surface area contributed by atoms with E-state index in [0.717, 1.165) is 22.2 Å². The number of nitrogens with one attached hydrogen (secondary N) is 2. The molecule has 2 aromatic heterocycles. The van der Waals surface area contributed by atoms with Crippen molar-refractivity contribution in [3.05, 3.63) is 70.5 Å². The fourth-order valence-electron chi connectivity index (χ4n) is 2.57. The van der Waals surface area contributed by atoms with E-state index in [1.807, 2.05) is 25.4 Å². The summed E-state index contributed by atoms with van der Waals surface area (Å²) in [6.07, 6.45) is 3.69. The monoisotopic (exact) mass is 351 g/mol. The number of nitro benzene ring substituents is 1. The number of aromatic nitrogens is 2. The van der Waals surface area contributed by atoms with Crippen molar-refractivity contribution in [3.8, 4) is 0 Å². The largest absolute Gasteiger partial charge is 0.394 e. The lowest BCUT2D eigenvalue weighted by molar-refractivity contribution is -0.384. The van der Waals surface area contributed by atoms with Gasteiger partial charge in [-0.15, -0.1) is 0 Å². The molecule has 0 radical (unpaired) electrons. The molecule has 2 heterocycles. The van der Waals surface area contributed by atoms with Gasteiger partial charge in [0, 0.05) is 48.4 Å². The minimum Gasteiger partial charge on any atom is -0.394 e. The normalized spacial score (nSPS) is 11.4. The van der Waals surface area contributed by atoms with Crippen molar-refractivity contribution in [2.24, 2.45) is 0 Å². The lowest BCUT2D eigenvalue weighted by Crippen LogP contribution is -2.50. The van der Waals surface area contributed by atoms with Gasteiger partial charge in [-0.25, -0.2) is 4.98 Å². The molecule has 0 saturated heterocycles. The third-order valence-electron chi connectivity index (χ3n) is 3.83. The van der Waals surface area contributed by atoms with Crippen molar-refractivity contribution in [3.63, 3.8) is 0 Å². The Labute approximate surface area is 149 Å². The van der Waals surface area contributed by atoms with Crippen LogP contribution in [0.5, 0.6) is 0 Å². The Morgan fingerprint density at radius 1 is 1.27 bits per heavy atom. The summed E-state index contributed by atoms with van der Waals surface area (Å²) in [7, 11) is 1.84. The zero-order chi connectivity index (χ0) is 18.5. The van der Waals surface area contributed by atoms with Gasteiger partial charge in [-0.1, -0.05) is 6.07 Å². The molecule has 3 aromatic rings. The molecule has 0 saturated carbocycles. The van der Waals surface area contributed by atoms with Crippen LogP contribution in [-0.2, 0) is 0 Å².